The van der Waals surface area contributed by atoms with E-state index in [0.29, 0.717) is 18.4 Å². The summed E-state index contributed by atoms with van der Waals surface area (Å²) in [5, 5.41) is 12.2. The molecule has 3 rings (SSSR count). The molecule has 1 saturated carbocycles. The number of carbonyl (C=O) groups excluding carboxylic acids is 1. The van der Waals surface area contributed by atoms with Crippen molar-refractivity contribution >= 4 is 6.03 Å². The van der Waals surface area contributed by atoms with Crippen LogP contribution in [0.3, 0.4) is 0 Å². The van der Waals surface area contributed by atoms with Crippen molar-refractivity contribution in [1.82, 2.24) is 15.1 Å². The molecule has 0 unspecified atom stereocenters. The fourth-order valence-electron chi connectivity index (χ4n) is 4.23. The van der Waals surface area contributed by atoms with Crippen LogP contribution >= 0.6 is 0 Å². The molecule has 0 bridgehead atoms. The van der Waals surface area contributed by atoms with Gasteiger partial charge < -0.3 is 15.3 Å². The van der Waals surface area contributed by atoms with E-state index in [2.05, 4.69) is 40.5 Å². The number of aliphatic hydroxyl groups excluding tert-OH is 1. The zero-order valence-corrected chi connectivity index (χ0v) is 14.5. The van der Waals surface area contributed by atoms with E-state index in [9.17, 15) is 4.79 Å². The number of amides is 2. The third-order valence-corrected chi connectivity index (χ3v) is 5.51. The molecule has 5 nitrogen and oxygen atoms in total. The molecule has 1 aliphatic heterocycles. The van der Waals surface area contributed by atoms with Crippen LogP contribution in [0.25, 0.3) is 0 Å². The molecule has 5 heteroatoms. The molecule has 2 fully saturated rings. The highest BCUT2D eigenvalue weighted by Gasteiger charge is 2.40. The lowest BCUT2D eigenvalue weighted by atomic mass is 9.78. The minimum Gasteiger partial charge on any atom is -0.395 e. The van der Waals surface area contributed by atoms with Crippen LogP contribution in [-0.4, -0.2) is 60.3 Å². The van der Waals surface area contributed by atoms with Crippen LogP contribution in [0.2, 0.25) is 0 Å². The number of aliphatic hydroxyl groups is 1. The SMILES string of the molecule is CN(CCO)C(=O)N[C@@H]1CCC[C@@H]2CN(Cc3ccccc3)C[C@H]21. The van der Waals surface area contributed by atoms with Crippen molar-refractivity contribution in [2.75, 3.05) is 33.3 Å². The number of likely N-dealkylation sites (tertiary alicyclic amines) is 1. The minimum atomic E-state index is -0.0591. The maximum Gasteiger partial charge on any atom is 0.317 e. The molecule has 1 heterocycles. The van der Waals surface area contributed by atoms with E-state index in [1.165, 1.54) is 18.4 Å². The van der Waals surface area contributed by atoms with Gasteiger partial charge in [-0.25, -0.2) is 4.79 Å². The van der Waals surface area contributed by atoms with Crippen molar-refractivity contribution in [2.45, 2.75) is 31.8 Å². The Balaban J connectivity index is 1.58. The second-order valence-electron chi connectivity index (χ2n) is 7.24. The number of fused-ring (bicyclic) bond motifs is 1. The van der Waals surface area contributed by atoms with Gasteiger partial charge in [-0.2, -0.15) is 0 Å². The van der Waals surface area contributed by atoms with E-state index in [4.69, 9.17) is 5.11 Å². The van der Waals surface area contributed by atoms with Crippen LogP contribution < -0.4 is 5.32 Å². The Morgan fingerprint density at radius 2 is 2.08 bits per heavy atom. The maximum absolute atomic E-state index is 12.3. The lowest BCUT2D eigenvalue weighted by Crippen LogP contribution is -2.49. The average molecular weight is 331 g/mol. The molecular formula is C19H29N3O2. The Kier molecular flexibility index (Phi) is 5.74. The zero-order chi connectivity index (χ0) is 16.9. The Bertz CT molecular complexity index is 537. The molecular weight excluding hydrogens is 302 g/mol. The molecule has 2 amide bonds. The average Bonchev–Trinajstić information content (AvgIpc) is 2.99. The van der Waals surface area contributed by atoms with Crippen molar-refractivity contribution in [3.8, 4) is 0 Å². The molecule has 24 heavy (non-hydrogen) atoms. The summed E-state index contributed by atoms with van der Waals surface area (Å²) in [5.41, 5.74) is 1.36. The van der Waals surface area contributed by atoms with E-state index >= 15 is 0 Å². The van der Waals surface area contributed by atoms with Crippen LogP contribution in [0.5, 0.6) is 0 Å². The van der Waals surface area contributed by atoms with E-state index in [1.807, 2.05) is 0 Å². The van der Waals surface area contributed by atoms with Gasteiger partial charge in [0.2, 0.25) is 0 Å². The molecule has 1 saturated heterocycles. The van der Waals surface area contributed by atoms with E-state index < -0.39 is 0 Å². The van der Waals surface area contributed by atoms with Crippen molar-refractivity contribution in [3.63, 3.8) is 0 Å². The summed E-state index contributed by atoms with van der Waals surface area (Å²) in [5.74, 6) is 1.24. The standard InChI is InChI=1S/C19H29N3O2/c1-21(10-11-23)19(24)20-18-9-5-8-16-13-22(14-17(16)18)12-15-6-3-2-4-7-15/h2-4,6-7,16-18,23H,5,8-14H2,1H3,(H,20,24)/t16-,17-,18-/m1/s1. The molecule has 0 aromatic heterocycles. The van der Waals surface area contributed by atoms with Gasteiger partial charge in [-0.3, -0.25) is 4.90 Å². The number of benzene rings is 1. The fourth-order valence-corrected chi connectivity index (χ4v) is 4.23. The van der Waals surface area contributed by atoms with Crippen molar-refractivity contribution in [1.29, 1.82) is 0 Å². The number of nitrogens with zero attached hydrogens (tertiary/aromatic N) is 2. The molecule has 132 valence electrons. The number of carbonyl (C=O) groups is 1. The summed E-state index contributed by atoms with van der Waals surface area (Å²) < 4.78 is 0. The summed E-state index contributed by atoms with van der Waals surface area (Å²) >= 11 is 0. The van der Waals surface area contributed by atoms with Crippen molar-refractivity contribution < 1.29 is 9.90 Å². The van der Waals surface area contributed by atoms with Crippen LogP contribution in [-0.2, 0) is 6.54 Å². The zero-order valence-electron chi connectivity index (χ0n) is 14.5. The first-order valence-electron chi connectivity index (χ1n) is 9.06. The summed E-state index contributed by atoms with van der Waals surface area (Å²) in [7, 11) is 1.74. The molecule has 2 aliphatic rings. The van der Waals surface area contributed by atoms with Crippen molar-refractivity contribution in [3.05, 3.63) is 35.9 Å². The van der Waals surface area contributed by atoms with E-state index in [0.717, 1.165) is 26.1 Å². The van der Waals surface area contributed by atoms with Crippen LogP contribution in [0.1, 0.15) is 24.8 Å². The highest BCUT2D eigenvalue weighted by molar-refractivity contribution is 5.74. The first kappa shape index (κ1) is 17.2. The number of hydrogen-bond acceptors (Lipinski definition) is 3. The van der Waals surface area contributed by atoms with Gasteiger partial charge in [-0.05, 0) is 30.2 Å². The summed E-state index contributed by atoms with van der Waals surface area (Å²) in [6, 6.07) is 10.8. The van der Waals surface area contributed by atoms with Gasteiger partial charge in [0.1, 0.15) is 0 Å². The third-order valence-electron chi connectivity index (χ3n) is 5.51. The number of rotatable bonds is 5. The predicted octanol–water partition coefficient (Wildman–Crippen LogP) is 1.92. The van der Waals surface area contributed by atoms with Gasteiger partial charge in [0.05, 0.1) is 6.61 Å². The quantitative estimate of drug-likeness (QED) is 0.867. The Labute approximate surface area is 144 Å². The van der Waals surface area contributed by atoms with Gasteiger partial charge >= 0.3 is 6.03 Å². The number of likely N-dealkylation sites (N-methyl/N-ethyl adjacent to an activating group) is 1. The van der Waals surface area contributed by atoms with Gasteiger partial charge in [-0.15, -0.1) is 0 Å². The van der Waals surface area contributed by atoms with Crippen molar-refractivity contribution in [2.24, 2.45) is 11.8 Å². The first-order chi connectivity index (χ1) is 11.7. The van der Waals surface area contributed by atoms with Gasteiger partial charge in [0.25, 0.3) is 0 Å². The van der Waals surface area contributed by atoms with Gasteiger partial charge in [-0.1, -0.05) is 36.8 Å². The molecule has 2 N–H and O–H groups in total. The second-order valence-corrected chi connectivity index (χ2v) is 7.24. The maximum atomic E-state index is 12.3. The molecule has 0 spiro atoms. The number of nitrogens with one attached hydrogen (secondary N) is 1. The van der Waals surface area contributed by atoms with Crippen LogP contribution in [0.15, 0.2) is 30.3 Å². The largest absolute Gasteiger partial charge is 0.395 e. The normalized spacial score (nSPS) is 26.8. The fraction of sp³-hybridized carbons (Fsp3) is 0.632. The Morgan fingerprint density at radius 3 is 2.83 bits per heavy atom. The number of urea groups is 1. The van der Waals surface area contributed by atoms with E-state index in [-0.39, 0.29) is 18.7 Å². The summed E-state index contributed by atoms with van der Waals surface area (Å²) in [6.07, 6.45) is 3.53. The highest BCUT2D eigenvalue weighted by Crippen LogP contribution is 2.37. The lowest BCUT2D eigenvalue weighted by Gasteiger charge is -2.34. The summed E-state index contributed by atoms with van der Waals surface area (Å²) in [6.45, 7) is 3.59. The molecule has 1 aliphatic carbocycles. The minimum absolute atomic E-state index is 0.00545. The van der Waals surface area contributed by atoms with Gasteiger partial charge in [0.15, 0.2) is 0 Å². The topological polar surface area (TPSA) is 55.8 Å². The Morgan fingerprint density at radius 1 is 1.29 bits per heavy atom. The van der Waals surface area contributed by atoms with Crippen LogP contribution in [0.4, 0.5) is 4.79 Å². The molecule has 3 atom stereocenters. The smallest absolute Gasteiger partial charge is 0.317 e. The van der Waals surface area contributed by atoms with E-state index in [1.54, 1.807) is 11.9 Å². The van der Waals surface area contributed by atoms with Gasteiger partial charge in [0, 0.05) is 39.3 Å². The third kappa shape index (κ3) is 4.08. The summed E-state index contributed by atoms with van der Waals surface area (Å²) in [4.78, 5) is 16.4. The predicted molar refractivity (Wildman–Crippen MR) is 94.6 cm³/mol. The van der Waals surface area contributed by atoms with Crippen LogP contribution in [0, 0.1) is 11.8 Å². The first-order valence-corrected chi connectivity index (χ1v) is 9.06. The molecule has 1 aromatic carbocycles. The molecule has 0 radical (unpaired) electrons. The molecule has 1 aromatic rings. The monoisotopic (exact) mass is 331 g/mol. The highest BCUT2D eigenvalue weighted by atomic mass is 16.3. The second kappa shape index (κ2) is 7.99. The number of hydrogen-bond donors (Lipinski definition) is 2. The lowest BCUT2D eigenvalue weighted by molar-refractivity contribution is 0.169. The Hall–Kier alpha value is -1.59.